The van der Waals surface area contributed by atoms with E-state index in [1.54, 1.807) is 12.2 Å². The molecule has 0 aromatic carbocycles. The van der Waals surface area contributed by atoms with Gasteiger partial charge >= 0.3 is 0 Å². The molecule has 0 saturated heterocycles. The molecular weight excluding hydrogens is 208 g/mol. The van der Waals surface area contributed by atoms with Crippen molar-refractivity contribution in [3.8, 4) is 0 Å². The minimum Gasteiger partial charge on any atom is -0.392 e. The molecular formula is C16H30O. The Morgan fingerprint density at radius 3 is 1.82 bits per heavy atom. The molecule has 0 amide bonds. The Balaban J connectivity index is -0.000000337. The molecule has 0 rings (SSSR count). The summed E-state index contributed by atoms with van der Waals surface area (Å²) in [5.74, 6) is 0. The van der Waals surface area contributed by atoms with Crippen LogP contribution in [-0.2, 0) is 0 Å². The summed E-state index contributed by atoms with van der Waals surface area (Å²) in [5, 5.41) is 8.73. The van der Waals surface area contributed by atoms with Gasteiger partial charge in [-0.1, -0.05) is 71.1 Å². The largest absolute Gasteiger partial charge is 0.392 e. The van der Waals surface area contributed by atoms with Gasteiger partial charge in [-0.15, -0.1) is 0 Å². The quantitative estimate of drug-likeness (QED) is 0.679. The third kappa shape index (κ3) is 14.9. The van der Waals surface area contributed by atoms with Gasteiger partial charge in [0.2, 0.25) is 0 Å². The van der Waals surface area contributed by atoms with Gasteiger partial charge in [-0.2, -0.15) is 0 Å². The van der Waals surface area contributed by atoms with E-state index in [1.165, 1.54) is 6.42 Å². The first-order valence-electron chi connectivity index (χ1n) is 6.44. The number of aliphatic hydroxyl groups excluding tert-OH is 1. The Morgan fingerprint density at radius 1 is 1.12 bits per heavy atom. The van der Waals surface area contributed by atoms with Crippen LogP contribution in [0.4, 0.5) is 0 Å². The third-order valence-electron chi connectivity index (χ3n) is 1.52. The van der Waals surface area contributed by atoms with Crippen molar-refractivity contribution in [2.45, 2.75) is 48.0 Å². The number of aliphatic hydroxyl groups is 1. The van der Waals surface area contributed by atoms with Crippen LogP contribution in [0.25, 0.3) is 0 Å². The first-order chi connectivity index (χ1) is 8.21. The fourth-order valence-electron chi connectivity index (χ4n) is 0.962. The molecule has 0 aliphatic carbocycles. The fraction of sp³-hybridized carbons (Fsp3) is 0.500. The van der Waals surface area contributed by atoms with Gasteiger partial charge in [0.1, 0.15) is 0 Å². The second-order valence-corrected chi connectivity index (χ2v) is 3.00. The van der Waals surface area contributed by atoms with Crippen LogP contribution in [-0.4, -0.2) is 11.7 Å². The average Bonchev–Trinajstić information content (AvgIpc) is 2.35. The highest BCUT2D eigenvalue weighted by Crippen LogP contribution is 2.11. The Morgan fingerprint density at radius 2 is 1.59 bits per heavy atom. The highest BCUT2D eigenvalue weighted by Gasteiger charge is 1.93. The lowest BCUT2D eigenvalue weighted by atomic mass is 10.1. The van der Waals surface area contributed by atoms with Gasteiger partial charge in [0.25, 0.3) is 0 Å². The van der Waals surface area contributed by atoms with Crippen molar-refractivity contribution in [3.63, 3.8) is 0 Å². The second kappa shape index (κ2) is 20.3. The Hall–Kier alpha value is -1.08. The van der Waals surface area contributed by atoms with E-state index in [1.807, 2.05) is 45.9 Å². The summed E-state index contributed by atoms with van der Waals surface area (Å²) >= 11 is 0. The summed E-state index contributed by atoms with van der Waals surface area (Å²) in [6.07, 6.45) is 10.6. The Labute approximate surface area is 108 Å². The Kier molecular flexibility index (Phi) is 25.4. The summed E-state index contributed by atoms with van der Waals surface area (Å²) in [5.41, 5.74) is 2.06. The molecule has 0 radical (unpaired) electrons. The third-order valence-corrected chi connectivity index (χ3v) is 1.52. The molecule has 0 aromatic rings. The monoisotopic (exact) mass is 238 g/mol. The van der Waals surface area contributed by atoms with Crippen LogP contribution in [0.2, 0.25) is 0 Å². The first-order valence-corrected chi connectivity index (χ1v) is 6.44. The lowest BCUT2D eigenvalue weighted by Crippen LogP contribution is -1.85. The first kappa shape index (κ1) is 21.2. The highest BCUT2D eigenvalue weighted by atomic mass is 16.2. The molecule has 1 nitrogen and oxygen atoms in total. The van der Waals surface area contributed by atoms with Gasteiger partial charge < -0.3 is 5.11 Å². The lowest BCUT2D eigenvalue weighted by Gasteiger charge is -2.01. The smallest absolute Gasteiger partial charge is 0.0621 e. The number of rotatable bonds is 4. The van der Waals surface area contributed by atoms with E-state index in [2.05, 4.69) is 20.4 Å². The second-order valence-electron chi connectivity index (χ2n) is 3.00. The predicted octanol–water partition coefficient (Wildman–Crippen LogP) is 5.06. The van der Waals surface area contributed by atoms with Crippen LogP contribution in [0.5, 0.6) is 0 Å². The minimum atomic E-state index is 0.0604. The maximum atomic E-state index is 8.73. The van der Waals surface area contributed by atoms with E-state index in [9.17, 15) is 0 Å². The van der Waals surface area contributed by atoms with Crippen LogP contribution in [0.3, 0.4) is 0 Å². The zero-order valence-electron chi connectivity index (χ0n) is 12.5. The maximum absolute atomic E-state index is 8.73. The lowest BCUT2D eigenvalue weighted by molar-refractivity contribution is 0.342. The predicted molar refractivity (Wildman–Crippen MR) is 81.2 cm³/mol. The molecule has 1 N–H and O–H groups in total. The van der Waals surface area contributed by atoms with Gasteiger partial charge in [0.15, 0.2) is 0 Å². The number of allylic oxidation sites excluding steroid dienone is 6. The standard InChI is InChI=1S/C11H16O.C3H8.C2H6/c1-4-7-11(8-9-12)10(5-2)6-3;1-3-2;1-2/h4-8,12H,2,9H2,1,3H3;3H2,1-2H3;1-2H3/b7-4-,10-6+,11-8+;;. The summed E-state index contributed by atoms with van der Waals surface area (Å²) in [7, 11) is 0. The number of hydrogen-bond acceptors (Lipinski definition) is 1. The van der Waals surface area contributed by atoms with E-state index in [0.29, 0.717) is 0 Å². The minimum absolute atomic E-state index is 0.0604. The van der Waals surface area contributed by atoms with E-state index in [-0.39, 0.29) is 6.61 Å². The molecule has 0 aliphatic heterocycles. The maximum Gasteiger partial charge on any atom is 0.0621 e. The van der Waals surface area contributed by atoms with Crippen LogP contribution >= 0.6 is 0 Å². The highest BCUT2D eigenvalue weighted by molar-refractivity contribution is 5.45. The van der Waals surface area contributed by atoms with Gasteiger partial charge in [0, 0.05) is 0 Å². The number of hydrogen-bond donors (Lipinski definition) is 1. The van der Waals surface area contributed by atoms with Gasteiger partial charge in [-0.05, 0) is 25.0 Å². The van der Waals surface area contributed by atoms with E-state index < -0.39 is 0 Å². The molecule has 0 unspecified atom stereocenters. The molecule has 17 heavy (non-hydrogen) atoms. The molecule has 0 atom stereocenters. The van der Waals surface area contributed by atoms with Gasteiger partial charge in [-0.3, -0.25) is 0 Å². The summed E-state index contributed by atoms with van der Waals surface area (Å²) in [6.45, 7) is 15.9. The van der Waals surface area contributed by atoms with Gasteiger partial charge in [0.05, 0.1) is 6.61 Å². The van der Waals surface area contributed by atoms with Crippen LogP contribution in [0.15, 0.2) is 48.1 Å². The molecule has 0 aliphatic rings. The molecule has 0 saturated carbocycles. The topological polar surface area (TPSA) is 20.2 Å². The van der Waals surface area contributed by atoms with Crippen molar-refractivity contribution < 1.29 is 5.11 Å². The zero-order chi connectivity index (χ0) is 14.1. The molecule has 0 bridgehead atoms. The van der Waals surface area contributed by atoms with Crippen molar-refractivity contribution in [2.24, 2.45) is 0 Å². The summed E-state index contributed by atoms with van der Waals surface area (Å²) in [6, 6.07) is 0. The molecule has 0 aromatic heterocycles. The van der Waals surface area contributed by atoms with E-state index in [4.69, 9.17) is 5.11 Å². The van der Waals surface area contributed by atoms with Crippen LogP contribution in [0, 0.1) is 0 Å². The molecule has 0 fully saturated rings. The van der Waals surface area contributed by atoms with Gasteiger partial charge in [-0.25, -0.2) is 0 Å². The SMILES string of the molecule is C=CC(=C\C)/C(/C=C\C)=C/CO.CC.CCC. The van der Waals surface area contributed by atoms with Crippen LogP contribution in [0.1, 0.15) is 48.0 Å². The summed E-state index contributed by atoms with van der Waals surface area (Å²) in [4.78, 5) is 0. The average molecular weight is 238 g/mol. The fourth-order valence-corrected chi connectivity index (χ4v) is 0.962. The molecule has 0 spiro atoms. The Bertz CT molecular complexity index is 232. The van der Waals surface area contributed by atoms with Crippen molar-refractivity contribution in [3.05, 3.63) is 48.1 Å². The van der Waals surface area contributed by atoms with E-state index >= 15 is 0 Å². The molecule has 1 heteroatoms. The van der Waals surface area contributed by atoms with Crippen molar-refractivity contribution >= 4 is 0 Å². The van der Waals surface area contributed by atoms with Crippen molar-refractivity contribution in [1.82, 2.24) is 0 Å². The van der Waals surface area contributed by atoms with Crippen molar-refractivity contribution in [1.29, 1.82) is 0 Å². The zero-order valence-corrected chi connectivity index (χ0v) is 12.5. The molecule has 100 valence electrons. The molecule has 0 heterocycles. The summed E-state index contributed by atoms with van der Waals surface area (Å²) < 4.78 is 0. The van der Waals surface area contributed by atoms with Crippen LogP contribution < -0.4 is 0 Å². The van der Waals surface area contributed by atoms with Crippen molar-refractivity contribution in [2.75, 3.05) is 6.61 Å². The van der Waals surface area contributed by atoms with E-state index in [0.717, 1.165) is 11.1 Å². The normalized spacial score (nSPS) is 11.2.